The summed E-state index contributed by atoms with van der Waals surface area (Å²) in [6, 6.07) is -0.960. The van der Waals surface area contributed by atoms with Crippen molar-refractivity contribution in [1.29, 1.82) is 0 Å². The molecule has 9 heteroatoms. The number of carboxylic acid groups (broad SMARTS) is 1. The Balaban J connectivity index is 1.70. The number of hydrogen-bond acceptors (Lipinski definition) is 6. The summed E-state index contributed by atoms with van der Waals surface area (Å²) in [7, 11) is 0. The fourth-order valence-electron chi connectivity index (χ4n) is 1.84. The molecular weight excluding hydrogens is 280 g/mol. The van der Waals surface area contributed by atoms with Crippen LogP contribution in [0.3, 0.4) is 0 Å². The topological polar surface area (TPSA) is 111 Å². The van der Waals surface area contributed by atoms with Crippen LogP contribution in [0.15, 0.2) is 24.0 Å². The van der Waals surface area contributed by atoms with Crippen molar-refractivity contribution in [2.24, 2.45) is 5.73 Å². The fraction of sp³-hybridized carbons (Fsp3) is 0.273. The molecule has 0 aliphatic rings. The average molecular weight is 292 g/mol. The molecule has 0 fully saturated rings. The summed E-state index contributed by atoms with van der Waals surface area (Å²) in [5, 5.41) is 18.6. The lowest BCUT2D eigenvalue weighted by Crippen LogP contribution is -2.32. The zero-order valence-electron chi connectivity index (χ0n) is 10.4. The first-order valence-electron chi connectivity index (χ1n) is 5.90. The number of thiazole rings is 1. The van der Waals surface area contributed by atoms with Crippen molar-refractivity contribution in [3.63, 3.8) is 0 Å². The predicted octanol–water partition coefficient (Wildman–Crippen LogP) is -0.0100. The molecule has 3 N–H and O–H groups in total. The number of rotatable bonds is 5. The molecule has 0 saturated carbocycles. The third kappa shape index (κ3) is 2.53. The van der Waals surface area contributed by atoms with Gasteiger partial charge in [-0.3, -0.25) is 9.20 Å². The minimum atomic E-state index is -1.05. The quantitative estimate of drug-likeness (QED) is 0.684. The van der Waals surface area contributed by atoms with E-state index in [2.05, 4.69) is 15.3 Å². The second kappa shape index (κ2) is 5.02. The van der Waals surface area contributed by atoms with Gasteiger partial charge in [0.05, 0.1) is 17.9 Å². The summed E-state index contributed by atoms with van der Waals surface area (Å²) in [6.45, 7) is 0.490. The van der Waals surface area contributed by atoms with E-state index in [4.69, 9.17) is 10.8 Å². The number of imidazole rings is 1. The molecule has 3 aromatic heterocycles. The van der Waals surface area contributed by atoms with Gasteiger partial charge in [0.1, 0.15) is 6.04 Å². The highest BCUT2D eigenvalue weighted by molar-refractivity contribution is 7.15. The molecule has 0 amide bonds. The van der Waals surface area contributed by atoms with Crippen molar-refractivity contribution in [1.82, 2.24) is 24.4 Å². The summed E-state index contributed by atoms with van der Waals surface area (Å²) in [5.41, 5.74) is 6.88. The maximum atomic E-state index is 10.7. The molecule has 0 spiro atoms. The van der Waals surface area contributed by atoms with Gasteiger partial charge in [-0.1, -0.05) is 5.21 Å². The maximum absolute atomic E-state index is 10.7. The number of fused-ring (bicyclic) bond motifs is 1. The highest BCUT2D eigenvalue weighted by atomic mass is 32.1. The van der Waals surface area contributed by atoms with E-state index in [9.17, 15) is 4.79 Å². The first-order valence-corrected chi connectivity index (χ1v) is 6.78. The Morgan fingerprint density at radius 1 is 1.45 bits per heavy atom. The number of hydrogen-bond donors (Lipinski definition) is 2. The second-order valence-electron chi connectivity index (χ2n) is 4.38. The molecule has 0 saturated heterocycles. The Morgan fingerprint density at radius 2 is 2.30 bits per heavy atom. The summed E-state index contributed by atoms with van der Waals surface area (Å²) >= 11 is 1.56. The molecule has 0 aliphatic heterocycles. The van der Waals surface area contributed by atoms with Crippen LogP contribution in [0.1, 0.15) is 11.4 Å². The molecule has 1 atom stereocenters. The largest absolute Gasteiger partial charge is 0.480 e. The van der Waals surface area contributed by atoms with Gasteiger partial charge in [-0.2, -0.15) is 0 Å². The van der Waals surface area contributed by atoms with Crippen LogP contribution in [0.5, 0.6) is 0 Å². The lowest BCUT2D eigenvalue weighted by molar-refractivity contribution is -0.138. The van der Waals surface area contributed by atoms with Crippen molar-refractivity contribution in [2.75, 3.05) is 0 Å². The summed E-state index contributed by atoms with van der Waals surface area (Å²) in [6.07, 6.45) is 5.72. The lowest BCUT2D eigenvalue weighted by atomic mass is 10.2. The number of nitrogens with zero attached hydrogens (tertiary/aromatic N) is 5. The SMILES string of the molecule is NC(Cc1cn(Cc2cn3ccsc3n2)nn1)C(=O)O. The molecule has 20 heavy (non-hydrogen) atoms. The molecule has 104 valence electrons. The first-order chi connectivity index (χ1) is 9.61. The van der Waals surface area contributed by atoms with Crippen molar-refractivity contribution in [2.45, 2.75) is 19.0 Å². The molecule has 0 aromatic carbocycles. The smallest absolute Gasteiger partial charge is 0.320 e. The van der Waals surface area contributed by atoms with E-state index in [1.54, 1.807) is 22.2 Å². The molecule has 0 aliphatic carbocycles. The Kier molecular flexibility index (Phi) is 3.20. The van der Waals surface area contributed by atoms with Crippen molar-refractivity contribution in [3.8, 4) is 0 Å². The Hall–Kier alpha value is -2.26. The number of aliphatic carboxylic acids is 1. The minimum Gasteiger partial charge on any atom is -0.480 e. The van der Waals surface area contributed by atoms with E-state index in [1.807, 2.05) is 22.2 Å². The summed E-state index contributed by atoms with van der Waals surface area (Å²) < 4.78 is 3.56. The van der Waals surface area contributed by atoms with E-state index in [-0.39, 0.29) is 6.42 Å². The summed E-state index contributed by atoms with van der Waals surface area (Å²) in [5.74, 6) is -1.05. The normalized spacial score (nSPS) is 12.8. The van der Waals surface area contributed by atoms with Gasteiger partial charge in [-0.05, 0) is 0 Å². The van der Waals surface area contributed by atoms with Crippen LogP contribution < -0.4 is 5.73 Å². The van der Waals surface area contributed by atoms with Crippen molar-refractivity contribution >= 4 is 22.3 Å². The monoisotopic (exact) mass is 292 g/mol. The van der Waals surface area contributed by atoms with Gasteiger partial charge in [0, 0.05) is 30.4 Å². The minimum absolute atomic E-state index is 0.160. The predicted molar refractivity (Wildman–Crippen MR) is 71.5 cm³/mol. The van der Waals surface area contributed by atoms with Crippen LogP contribution in [0.4, 0.5) is 0 Å². The van der Waals surface area contributed by atoms with Gasteiger partial charge in [-0.15, -0.1) is 16.4 Å². The third-order valence-electron chi connectivity index (χ3n) is 2.80. The maximum Gasteiger partial charge on any atom is 0.320 e. The van der Waals surface area contributed by atoms with Gasteiger partial charge >= 0.3 is 5.97 Å². The second-order valence-corrected chi connectivity index (χ2v) is 5.25. The number of nitrogens with two attached hydrogens (primary N) is 1. The number of aromatic nitrogens is 5. The van der Waals surface area contributed by atoms with E-state index >= 15 is 0 Å². The van der Waals surface area contributed by atoms with E-state index in [0.717, 1.165) is 10.7 Å². The van der Waals surface area contributed by atoms with Crippen molar-refractivity contribution < 1.29 is 9.90 Å². The molecule has 8 nitrogen and oxygen atoms in total. The Labute approximate surface area is 117 Å². The van der Waals surface area contributed by atoms with Crippen LogP contribution in [0.2, 0.25) is 0 Å². The van der Waals surface area contributed by atoms with Crippen LogP contribution in [-0.2, 0) is 17.8 Å². The fourth-order valence-corrected chi connectivity index (χ4v) is 2.56. The zero-order chi connectivity index (χ0) is 14.1. The Bertz CT molecular complexity index is 716. The van der Waals surface area contributed by atoms with Crippen LogP contribution in [0, 0.1) is 0 Å². The molecule has 1 unspecified atom stereocenters. The third-order valence-corrected chi connectivity index (χ3v) is 3.57. The zero-order valence-corrected chi connectivity index (χ0v) is 11.2. The number of carbonyl (C=O) groups is 1. The van der Waals surface area contributed by atoms with E-state index in [0.29, 0.717) is 12.2 Å². The number of carboxylic acids is 1. The van der Waals surface area contributed by atoms with Crippen molar-refractivity contribution in [3.05, 3.63) is 35.4 Å². The highest BCUT2D eigenvalue weighted by Gasteiger charge is 2.14. The molecule has 3 aromatic rings. The summed E-state index contributed by atoms with van der Waals surface area (Å²) in [4.78, 5) is 16.0. The average Bonchev–Trinajstić information content (AvgIpc) is 3.05. The van der Waals surface area contributed by atoms with Gasteiger partial charge < -0.3 is 10.8 Å². The molecule has 0 radical (unpaired) electrons. The van der Waals surface area contributed by atoms with Crippen LogP contribution in [0.25, 0.3) is 4.96 Å². The van der Waals surface area contributed by atoms with E-state index < -0.39 is 12.0 Å². The molecular formula is C11H12N6O2S. The highest BCUT2D eigenvalue weighted by Crippen LogP contribution is 2.12. The lowest BCUT2D eigenvalue weighted by Gasteiger charge is -2.01. The molecule has 3 rings (SSSR count). The van der Waals surface area contributed by atoms with Gasteiger partial charge in [0.2, 0.25) is 0 Å². The van der Waals surface area contributed by atoms with E-state index in [1.165, 1.54) is 0 Å². The van der Waals surface area contributed by atoms with Gasteiger partial charge in [-0.25, -0.2) is 9.67 Å². The standard InChI is InChI=1S/C11H12N6O2S/c12-9(10(18)19)3-7-5-17(15-14-7)6-8-4-16-1-2-20-11(16)13-8/h1-2,4-5,9H,3,6,12H2,(H,18,19). The Morgan fingerprint density at radius 3 is 3.05 bits per heavy atom. The molecule has 0 bridgehead atoms. The molecule has 3 heterocycles. The van der Waals surface area contributed by atoms with Gasteiger partial charge in [0.25, 0.3) is 0 Å². The first kappa shape index (κ1) is 12.8. The van der Waals surface area contributed by atoms with Crippen LogP contribution >= 0.6 is 11.3 Å². The van der Waals surface area contributed by atoms with Gasteiger partial charge in [0.15, 0.2) is 4.96 Å². The van der Waals surface area contributed by atoms with Crippen LogP contribution in [-0.4, -0.2) is 41.5 Å².